The number of benzene rings is 1. The molecule has 0 radical (unpaired) electrons. The third kappa shape index (κ3) is 4.62. The molecule has 1 atom stereocenters. The van der Waals surface area contributed by atoms with Crippen molar-refractivity contribution < 1.29 is 4.79 Å². The highest BCUT2D eigenvalue weighted by molar-refractivity contribution is 9.10. The summed E-state index contributed by atoms with van der Waals surface area (Å²) in [5, 5.41) is 0.764. The van der Waals surface area contributed by atoms with Gasteiger partial charge in [-0.25, -0.2) is 0 Å². The van der Waals surface area contributed by atoms with Gasteiger partial charge in [0.15, 0.2) is 0 Å². The number of rotatable bonds is 4. The molecule has 1 saturated heterocycles. The number of aryl methyl sites for hydroxylation is 2. The van der Waals surface area contributed by atoms with E-state index in [0.717, 1.165) is 59.2 Å². The molecule has 2 aliphatic rings. The zero-order valence-electron chi connectivity index (χ0n) is 16.8. The highest BCUT2D eigenvalue weighted by Crippen LogP contribution is 2.46. The van der Waals surface area contributed by atoms with E-state index in [2.05, 4.69) is 44.0 Å². The number of nitrogens with two attached hydrogens (primary N) is 1. The zero-order chi connectivity index (χ0) is 21.3. The average molecular weight is 556 g/mol. The lowest BCUT2D eigenvalue weighted by Crippen LogP contribution is -2.40. The molecule has 160 valence electrons. The molecule has 0 saturated carbocycles. The summed E-state index contributed by atoms with van der Waals surface area (Å²) in [4.78, 5) is 19.4. The average Bonchev–Trinajstić information content (AvgIpc) is 2.89. The molecule has 7 heteroatoms. The molecule has 2 aromatic rings. The molecule has 0 spiro atoms. The van der Waals surface area contributed by atoms with Crippen molar-refractivity contribution in [3.8, 4) is 0 Å². The Bertz CT molecular complexity index is 944. The number of fused-ring (bicyclic) bond motifs is 2. The fourth-order valence-corrected chi connectivity index (χ4v) is 6.42. The van der Waals surface area contributed by atoms with Crippen LogP contribution < -0.4 is 5.73 Å². The van der Waals surface area contributed by atoms with Gasteiger partial charge in [-0.15, -0.1) is 0 Å². The van der Waals surface area contributed by atoms with E-state index < -0.39 is 0 Å². The monoisotopic (exact) mass is 553 g/mol. The van der Waals surface area contributed by atoms with E-state index in [9.17, 15) is 4.79 Å². The van der Waals surface area contributed by atoms with Crippen LogP contribution in [0.15, 0.2) is 33.3 Å². The van der Waals surface area contributed by atoms with E-state index in [1.807, 2.05) is 17.2 Å². The molecule has 2 heterocycles. The maximum atomic E-state index is 12.5. The van der Waals surface area contributed by atoms with Gasteiger partial charge in [0.2, 0.25) is 5.91 Å². The van der Waals surface area contributed by atoms with Crippen LogP contribution >= 0.6 is 43.5 Å². The van der Waals surface area contributed by atoms with Gasteiger partial charge in [0.25, 0.3) is 0 Å². The fraction of sp³-hybridized carbons (Fsp3) is 0.478. The van der Waals surface area contributed by atoms with Crippen LogP contribution in [0.1, 0.15) is 54.0 Å². The SMILES string of the molecule is NCCCC(=O)N1CCC([C@H]2c3ncc(Br)cc3CCc3cc(Cl)cc(Br)c32)CC1. The lowest BCUT2D eigenvalue weighted by Gasteiger charge is -2.37. The second-order valence-corrected chi connectivity index (χ2v) is 10.5. The number of hydrogen-bond donors (Lipinski definition) is 1. The quantitative estimate of drug-likeness (QED) is 0.545. The van der Waals surface area contributed by atoms with Crippen LogP contribution in [0, 0.1) is 5.92 Å². The molecule has 1 aliphatic heterocycles. The van der Waals surface area contributed by atoms with Crippen LogP contribution in [0.2, 0.25) is 5.02 Å². The number of carbonyl (C=O) groups is 1. The van der Waals surface area contributed by atoms with Gasteiger partial charge in [-0.05, 0) is 95.4 Å². The summed E-state index contributed by atoms with van der Waals surface area (Å²) in [6.07, 6.45) is 7.08. The highest BCUT2D eigenvalue weighted by atomic mass is 79.9. The predicted molar refractivity (Wildman–Crippen MR) is 128 cm³/mol. The predicted octanol–water partition coefficient (Wildman–Crippen LogP) is 5.47. The van der Waals surface area contributed by atoms with E-state index in [1.54, 1.807) is 0 Å². The van der Waals surface area contributed by atoms with Crippen molar-refractivity contribution in [2.75, 3.05) is 19.6 Å². The van der Waals surface area contributed by atoms with Crippen LogP contribution in [-0.2, 0) is 17.6 Å². The summed E-state index contributed by atoms with van der Waals surface area (Å²) in [5.74, 6) is 0.874. The second kappa shape index (κ2) is 9.68. The van der Waals surface area contributed by atoms with Crippen molar-refractivity contribution in [3.63, 3.8) is 0 Å². The van der Waals surface area contributed by atoms with Gasteiger partial charge in [0.05, 0.1) is 5.69 Å². The number of amides is 1. The molecule has 0 bridgehead atoms. The molecule has 2 N–H and O–H groups in total. The number of halogens is 3. The fourth-order valence-electron chi connectivity index (χ4n) is 4.92. The van der Waals surface area contributed by atoms with Crippen molar-refractivity contribution in [2.24, 2.45) is 11.7 Å². The first-order chi connectivity index (χ1) is 14.5. The third-order valence-electron chi connectivity index (χ3n) is 6.38. The topological polar surface area (TPSA) is 59.2 Å². The van der Waals surface area contributed by atoms with Crippen LogP contribution in [0.25, 0.3) is 0 Å². The number of likely N-dealkylation sites (tertiary alicyclic amines) is 1. The first-order valence-corrected chi connectivity index (χ1v) is 12.5. The molecule has 1 aromatic heterocycles. The Morgan fingerprint density at radius 2 is 1.90 bits per heavy atom. The molecule has 1 aliphatic carbocycles. The first-order valence-electron chi connectivity index (χ1n) is 10.6. The molecule has 1 amide bonds. The van der Waals surface area contributed by atoms with Crippen molar-refractivity contribution in [2.45, 2.75) is 44.4 Å². The maximum absolute atomic E-state index is 12.5. The summed E-state index contributed by atoms with van der Waals surface area (Å²) in [6, 6.07) is 6.33. The Kier molecular flexibility index (Phi) is 7.18. The van der Waals surface area contributed by atoms with Gasteiger partial charge < -0.3 is 10.6 Å². The normalized spacial score (nSPS) is 19.2. The number of hydrogen-bond acceptors (Lipinski definition) is 3. The first kappa shape index (κ1) is 22.3. The summed E-state index contributed by atoms with van der Waals surface area (Å²) in [5.41, 5.74) is 10.7. The van der Waals surface area contributed by atoms with Gasteiger partial charge >= 0.3 is 0 Å². The van der Waals surface area contributed by atoms with Crippen molar-refractivity contribution in [3.05, 3.63) is 60.7 Å². The minimum absolute atomic E-state index is 0.207. The van der Waals surface area contributed by atoms with E-state index in [-0.39, 0.29) is 11.8 Å². The van der Waals surface area contributed by atoms with Gasteiger partial charge in [0.1, 0.15) is 0 Å². The third-order valence-corrected chi connectivity index (χ3v) is 7.68. The van der Waals surface area contributed by atoms with E-state index in [0.29, 0.717) is 18.9 Å². The zero-order valence-corrected chi connectivity index (χ0v) is 20.8. The Morgan fingerprint density at radius 1 is 1.17 bits per heavy atom. The summed E-state index contributed by atoms with van der Waals surface area (Å²) < 4.78 is 2.08. The Morgan fingerprint density at radius 3 is 2.63 bits per heavy atom. The number of nitrogens with zero attached hydrogens (tertiary/aromatic N) is 2. The van der Waals surface area contributed by atoms with E-state index >= 15 is 0 Å². The minimum atomic E-state index is 0.207. The molecule has 30 heavy (non-hydrogen) atoms. The summed E-state index contributed by atoms with van der Waals surface area (Å²) in [7, 11) is 0. The van der Waals surface area contributed by atoms with Crippen LogP contribution in [0.4, 0.5) is 0 Å². The maximum Gasteiger partial charge on any atom is 0.222 e. The standard InChI is InChI=1S/C23H26Br2ClN3O/c24-17-10-16-4-3-15-11-18(26)12-19(25)21(15)22(23(16)28-13-17)14-5-8-29(9-6-14)20(30)2-1-7-27/h10-14,22H,1-9,27H2/t22-/m1/s1. The van der Waals surface area contributed by atoms with Crippen LogP contribution in [-0.4, -0.2) is 35.4 Å². The molecule has 0 unspecified atom stereocenters. The largest absolute Gasteiger partial charge is 0.343 e. The Hall–Kier alpha value is -0.950. The van der Waals surface area contributed by atoms with Crippen molar-refractivity contribution in [1.29, 1.82) is 0 Å². The lowest BCUT2D eigenvalue weighted by atomic mass is 9.76. The smallest absolute Gasteiger partial charge is 0.222 e. The highest BCUT2D eigenvalue weighted by Gasteiger charge is 2.36. The molecule has 1 fully saturated rings. The van der Waals surface area contributed by atoms with Crippen LogP contribution in [0.3, 0.4) is 0 Å². The Labute approximate surface area is 199 Å². The summed E-state index contributed by atoms with van der Waals surface area (Å²) in [6.45, 7) is 2.17. The molecular weight excluding hydrogens is 530 g/mol. The van der Waals surface area contributed by atoms with Gasteiger partial charge in [-0.1, -0.05) is 27.5 Å². The number of aromatic nitrogens is 1. The van der Waals surface area contributed by atoms with Gasteiger partial charge in [-0.3, -0.25) is 9.78 Å². The molecule has 4 nitrogen and oxygen atoms in total. The van der Waals surface area contributed by atoms with Gasteiger partial charge in [-0.2, -0.15) is 0 Å². The van der Waals surface area contributed by atoms with Crippen molar-refractivity contribution in [1.82, 2.24) is 9.88 Å². The second-order valence-electron chi connectivity index (χ2n) is 8.25. The Balaban J connectivity index is 1.67. The number of carbonyl (C=O) groups excluding carboxylic acids is 1. The van der Waals surface area contributed by atoms with E-state index in [1.165, 1.54) is 22.4 Å². The van der Waals surface area contributed by atoms with Crippen molar-refractivity contribution >= 4 is 49.4 Å². The summed E-state index contributed by atoms with van der Waals surface area (Å²) >= 11 is 13.8. The van der Waals surface area contributed by atoms with E-state index in [4.69, 9.17) is 22.3 Å². The minimum Gasteiger partial charge on any atom is -0.343 e. The molecule has 1 aromatic carbocycles. The van der Waals surface area contributed by atoms with Crippen LogP contribution in [0.5, 0.6) is 0 Å². The lowest BCUT2D eigenvalue weighted by molar-refractivity contribution is -0.132. The number of piperidine rings is 1. The molecule has 4 rings (SSSR count). The van der Waals surface area contributed by atoms with Gasteiger partial charge in [0, 0.05) is 45.6 Å². The number of pyridine rings is 1. The molecular formula is C23H26Br2ClN3O.